The van der Waals surface area contributed by atoms with Crippen LogP contribution in [0.1, 0.15) is 54.4 Å². The molecule has 1 unspecified atom stereocenters. The topological polar surface area (TPSA) is 87.2 Å². The maximum Gasteiger partial charge on any atom is 0.339 e. The van der Waals surface area contributed by atoms with E-state index in [4.69, 9.17) is 23.9 Å². The van der Waals surface area contributed by atoms with Crippen molar-refractivity contribution in [3.05, 3.63) is 101 Å². The number of hydrogen-bond acceptors (Lipinski definition) is 9. The minimum atomic E-state index is -0.548. The normalized spacial score (nSPS) is 15.7. The summed E-state index contributed by atoms with van der Waals surface area (Å²) in [5.74, 6) is 0.914. The van der Waals surface area contributed by atoms with E-state index in [1.54, 1.807) is 49.8 Å². The third kappa shape index (κ3) is 6.98. The van der Waals surface area contributed by atoms with Gasteiger partial charge in [0, 0.05) is 20.1 Å². The Kier molecular flexibility index (Phi) is 10.2. The quantitative estimate of drug-likeness (QED) is 0.114. The second-order valence-corrected chi connectivity index (χ2v) is 16.1. The summed E-state index contributed by atoms with van der Waals surface area (Å²) >= 11 is 3.24. The van der Waals surface area contributed by atoms with Crippen LogP contribution in [0.2, 0.25) is 0 Å². The number of benzene rings is 4. The van der Waals surface area contributed by atoms with E-state index < -0.39 is 12.6 Å². The molecular weight excluding hydrogens is 705 g/mol. The van der Waals surface area contributed by atoms with Crippen molar-refractivity contribution in [3.63, 3.8) is 0 Å². The Bertz CT molecular complexity index is 2250. The number of pyridine rings is 1. The number of methoxy groups -OCH3 is 3. The molecule has 2 heterocycles. The number of hydrogen-bond donors (Lipinski definition) is 0. The summed E-state index contributed by atoms with van der Waals surface area (Å²) in [6, 6.07) is 25.4. The third-order valence-corrected chi connectivity index (χ3v) is 11.8. The summed E-state index contributed by atoms with van der Waals surface area (Å²) in [6.45, 7) is 6.24. The van der Waals surface area contributed by atoms with Crippen LogP contribution in [0.25, 0.3) is 22.6 Å². The fraction of sp³-hybridized carbons (Fsp3) is 0.279. The number of anilines is 2. The molecule has 0 saturated carbocycles. The highest BCUT2D eigenvalue weighted by Crippen LogP contribution is 2.50. The highest BCUT2D eigenvalue weighted by molar-refractivity contribution is 8.00. The highest BCUT2D eigenvalue weighted by atomic mass is 32.2. The van der Waals surface area contributed by atoms with Crippen molar-refractivity contribution < 1.29 is 28.5 Å². The number of ether oxygens (including phenoxy) is 4. The standard InChI is InChI=1S/C43H42N2O6S2/c1-43(2,3)27-21-26(18-25-19-34(48-4)41(50-6)35(20-25)49-5)40-30(22-27)39(29-12-8-9-13-31(29)44-40)42(47)51-24-38(46)45-32-14-10-11-15-36(32)53-37-17-16-28(52-7)23-33(37)45/h8-20,23,27H,21-22,24H2,1-7H3/b26-18-. The molecule has 1 atom stereocenters. The van der Waals surface area contributed by atoms with Gasteiger partial charge in [-0.25, -0.2) is 9.78 Å². The predicted octanol–water partition coefficient (Wildman–Crippen LogP) is 10.1. The molecule has 0 saturated heterocycles. The van der Waals surface area contributed by atoms with Crippen molar-refractivity contribution in [3.8, 4) is 17.2 Å². The van der Waals surface area contributed by atoms with Crippen molar-refractivity contribution in [2.24, 2.45) is 11.3 Å². The van der Waals surface area contributed by atoms with Gasteiger partial charge in [-0.1, -0.05) is 62.9 Å². The largest absolute Gasteiger partial charge is 0.493 e. The summed E-state index contributed by atoms with van der Waals surface area (Å²) in [7, 11) is 4.77. The second-order valence-electron chi connectivity index (χ2n) is 14.1. The van der Waals surface area contributed by atoms with Crippen LogP contribution in [0.3, 0.4) is 0 Å². The minimum absolute atomic E-state index is 0.0858. The van der Waals surface area contributed by atoms with Gasteiger partial charge >= 0.3 is 5.97 Å². The van der Waals surface area contributed by atoms with E-state index in [1.807, 2.05) is 79.1 Å². The van der Waals surface area contributed by atoms with Crippen LogP contribution < -0.4 is 19.1 Å². The number of thioether (sulfide) groups is 1. The number of fused-ring (bicyclic) bond motifs is 4. The number of aromatic nitrogens is 1. The van der Waals surface area contributed by atoms with Crippen molar-refractivity contribution in [1.29, 1.82) is 0 Å². The second kappa shape index (κ2) is 14.8. The van der Waals surface area contributed by atoms with Crippen LogP contribution in [0.5, 0.6) is 17.2 Å². The number of carbonyl (C=O) groups excluding carboxylic acids is 2. The van der Waals surface area contributed by atoms with Gasteiger partial charge in [-0.3, -0.25) is 9.69 Å². The van der Waals surface area contributed by atoms with E-state index >= 15 is 0 Å². The van der Waals surface area contributed by atoms with Crippen molar-refractivity contribution in [2.45, 2.75) is 48.3 Å². The Morgan fingerprint density at radius 1 is 0.887 bits per heavy atom. The van der Waals surface area contributed by atoms with E-state index in [0.717, 1.165) is 54.9 Å². The molecule has 0 bridgehead atoms. The number of carbonyl (C=O) groups is 2. The van der Waals surface area contributed by atoms with Gasteiger partial charge in [0.05, 0.1) is 49.5 Å². The number of allylic oxidation sites excluding steroid dienone is 1. The van der Waals surface area contributed by atoms with Crippen LogP contribution in [-0.4, -0.2) is 51.1 Å². The molecule has 1 aromatic heterocycles. The average molecular weight is 747 g/mol. The smallest absolute Gasteiger partial charge is 0.339 e. The molecule has 7 rings (SSSR count). The predicted molar refractivity (Wildman–Crippen MR) is 213 cm³/mol. The SMILES string of the molecule is COc1cc(/C=C2/CC(C(C)(C)C)Cc3c2nc2ccccc2c3C(=O)OCC(=O)N2c3ccccc3Sc3ccc(SC)cc32)cc(OC)c1OC. The molecule has 272 valence electrons. The molecule has 53 heavy (non-hydrogen) atoms. The molecule has 0 radical (unpaired) electrons. The fourth-order valence-corrected chi connectivity index (χ4v) is 8.62. The van der Waals surface area contributed by atoms with Crippen LogP contribution in [0.4, 0.5) is 11.4 Å². The highest BCUT2D eigenvalue weighted by Gasteiger charge is 2.36. The van der Waals surface area contributed by atoms with Gasteiger partial charge in [0.2, 0.25) is 5.75 Å². The molecule has 0 fully saturated rings. The molecule has 1 amide bonds. The van der Waals surface area contributed by atoms with Crippen LogP contribution in [0, 0.1) is 11.3 Å². The maximum atomic E-state index is 14.5. The van der Waals surface area contributed by atoms with Gasteiger partial charge < -0.3 is 18.9 Å². The van der Waals surface area contributed by atoms with Gasteiger partial charge in [-0.05, 0) is 102 Å². The number of rotatable bonds is 8. The van der Waals surface area contributed by atoms with Crippen LogP contribution in [0.15, 0.2) is 93.5 Å². The molecule has 2 aliphatic rings. The molecule has 0 N–H and O–H groups in total. The summed E-state index contributed by atoms with van der Waals surface area (Å²) in [5, 5.41) is 0.695. The van der Waals surface area contributed by atoms with E-state index in [2.05, 4.69) is 32.9 Å². The number of nitrogens with zero attached hydrogens (tertiary/aromatic N) is 2. The van der Waals surface area contributed by atoms with Gasteiger partial charge in [0.15, 0.2) is 18.1 Å². The van der Waals surface area contributed by atoms with Gasteiger partial charge in [0.1, 0.15) is 0 Å². The Morgan fingerprint density at radius 2 is 1.58 bits per heavy atom. The van der Waals surface area contributed by atoms with Gasteiger partial charge in [0.25, 0.3) is 5.91 Å². The van der Waals surface area contributed by atoms with Crippen molar-refractivity contribution in [2.75, 3.05) is 39.1 Å². The van der Waals surface area contributed by atoms with Crippen LogP contribution >= 0.6 is 23.5 Å². The summed E-state index contributed by atoms with van der Waals surface area (Å²) < 4.78 is 22.9. The summed E-state index contributed by atoms with van der Waals surface area (Å²) in [6.07, 6.45) is 5.47. The van der Waals surface area contributed by atoms with E-state index in [0.29, 0.717) is 40.1 Å². The Morgan fingerprint density at radius 3 is 2.28 bits per heavy atom. The first-order chi connectivity index (χ1) is 25.5. The fourth-order valence-electron chi connectivity index (χ4n) is 7.15. The lowest BCUT2D eigenvalue weighted by atomic mass is 9.69. The molecule has 8 nitrogen and oxygen atoms in total. The van der Waals surface area contributed by atoms with Crippen molar-refractivity contribution in [1.82, 2.24) is 4.98 Å². The summed E-state index contributed by atoms with van der Waals surface area (Å²) in [5.41, 5.74) is 5.99. The average Bonchev–Trinajstić information content (AvgIpc) is 3.16. The minimum Gasteiger partial charge on any atom is -0.493 e. The monoisotopic (exact) mass is 746 g/mol. The molecule has 1 aliphatic carbocycles. The lowest BCUT2D eigenvalue weighted by Gasteiger charge is -2.36. The zero-order chi connectivity index (χ0) is 37.4. The van der Waals surface area contributed by atoms with Gasteiger partial charge in [-0.15, -0.1) is 11.8 Å². The zero-order valence-electron chi connectivity index (χ0n) is 30.9. The Balaban J connectivity index is 1.30. The molecule has 10 heteroatoms. The number of para-hydroxylation sites is 2. The lowest BCUT2D eigenvalue weighted by Crippen LogP contribution is -2.33. The summed E-state index contributed by atoms with van der Waals surface area (Å²) in [4.78, 5) is 38.5. The number of amides is 1. The zero-order valence-corrected chi connectivity index (χ0v) is 32.6. The molecule has 5 aromatic rings. The first kappa shape index (κ1) is 36.4. The Hall–Kier alpha value is -4.93. The molecule has 0 spiro atoms. The van der Waals surface area contributed by atoms with Gasteiger partial charge in [-0.2, -0.15) is 0 Å². The third-order valence-electron chi connectivity index (χ3n) is 9.98. The van der Waals surface area contributed by atoms with E-state index in [9.17, 15) is 9.59 Å². The number of esters is 1. The first-order valence-electron chi connectivity index (χ1n) is 17.4. The Labute approximate surface area is 318 Å². The maximum absolute atomic E-state index is 14.5. The molecule has 1 aliphatic heterocycles. The molecule has 4 aromatic carbocycles. The lowest BCUT2D eigenvalue weighted by molar-refractivity contribution is -0.121. The van der Waals surface area contributed by atoms with Crippen molar-refractivity contribution >= 4 is 69.3 Å². The first-order valence-corrected chi connectivity index (χ1v) is 19.5. The molecular formula is C43H42N2O6S2. The van der Waals surface area contributed by atoms with E-state index in [-0.39, 0.29) is 17.2 Å². The van der Waals surface area contributed by atoms with E-state index in [1.165, 1.54) is 0 Å². The van der Waals surface area contributed by atoms with Crippen LogP contribution in [-0.2, 0) is 16.0 Å².